The minimum atomic E-state index is 0.749. The van der Waals surface area contributed by atoms with Crippen LogP contribution in [0, 0.1) is 0 Å². The normalized spacial score (nSPS) is 29.8. The quantitative estimate of drug-likeness (QED) is 0.709. The van der Waals surface area contributed by atoms with Crippen LogP contribution in [0.3, 0.4) is 0 Å². The van der Waals surface area contributed by atoms with E-state index in [1.165, 1.54) is 45.1 Å². The van der Waals surface area contributed by atoms with E-state index in [1.807, 2.05) is 0 Å². The SMILES string of the molecule is c1ccc2c(c1)CCCC[C@H]2[C@H]1CCCN1. The van der Waals surface area contributed by atoms with Crippen LogP contribution in [0.1, 0.15) is 49.1 Å². The lowest BCUT2D eigenvalue weighted by atomic mass is 9.86. The Bertz CT molecular complexity index is 352. The maximum atomic E-state index is 3.69. The Hall–Kier alpha value is -0.820. The molecule has 2 atom stereocenters. The average molecular weight is 215 g/mol. The molecule has 0 amide bonds. The number of rotatable bonds is 1. The number of nitrogens with one attached hydrogen (secondary N) is 1. The molecule has 0 radical (unpaired) electrons. The predicted octanol–water partition coefficient (Wildman–Crippen LogP) is 3.25. The fourth-order valence-electron chi connectivity index (χ4n) is 3.43. The first-order chi connectivity index (χ1) is 7.95. The van der Waals surface area contributed by atoms with Gasteiger partial charge < -0.3 is 5.32 Å². The molecule has 16 heavy (non-hydrogen) atoms. The van der Waals surface area contributed by atoms with E-state index in [2.05, 4.69) is 29.6 Å². The summed E-state index contributed by atoms with van der Waals surface area (Å²) in [6, 6.07) is 9.86. The molecular weight excluding hydrogens is 194 g/mol. The molecule has 1 saturated heterocycles. The molecule has 1 fully saturated rings. The van der Waals surface area contributed by atoms with Gasteiger partial charge in [-0.25, -0.2) is 0 Å². The molecule has 1 aliphatic carbocycles. The maximum absolute atomic E-state index is 3.69. The lowest BCUT2D eigenvalue weighted by molar-refractivity contribution is 0.456. The van der Waals surface area contributed by atoms with Crippen molar-refractivity contribution in [3.63, 3.8) is 0 Å². The summed E-state index contributed by atoms with van der Waals surface area (Å²) in [7, 11) is 0. The number of aryl methyl sites for hydroxylation is 1. The van der Waals surface area contributed by atoms with Crippen LogP contribution in [-0.2, 0) is 6.42 Å². The average Bonchev–Trinajstić information content (AvgIpc) is 2.76. The number of fused-ring (bicyclic) bond motifs is 1. The van der Waals surface area contributed by atoms with Gasteiger partial charge in [0.05, 0.1) is 0 Å². The zero-order valence-corrected chi connectivity index (χ0v) is 9.91. The smallest absolute Gasteiger partial charge is 0.0136 e. The van der Waals surface area contributed by atoms with Crippen molar-refractivity contribution in [2.24, 2.45) is 0 Å². The van der Waals surface area contributed by atoms with E-state index in [0.717, 1.165) is 12.0 Å². The highest BCUT2D eigenvalue weighted by atomic mass is 14.9. The van der Waals surface area contributed by atoms with E-state index < -0.39 is 0 Å². The minimum Gasteiger partial charge on any atom is -0.313 e. The number of hydrogen-bond acceptors (Lipinski definition) is 1. The van der Waals surface area contributed by atoms with Crippen molar-refractivity contribution in [1.29, 1.82) is 0 Å². The topological polar surface area (TPSA) is 12.0 Å². The Kier molecular flexibility index (Phi) is 2.96. The van der Waals surface area contributed by atoms with E-state index in [1.54, 1.807) is 11.1 Å². The summed E-state index contributed by atoms with van der Waals surface area (Å²) in [5, 5.41) is 3.69. The molecule has 0 saturated carbocycles. The molecule has 2 aliphatic rings. The molecule has 1 heterocycles. The largest absolute Gasteiger partial charge is 0.313 e. The van der Waals surface area contributed by atoms with Gasteiger partial charge in [0.25, 0.3) is 0 Å². The zero-order chi connectivity index (χ0) is 10.8. The van der Waals surface area contributed by atoms with Gasteiger partial charge in [0.1, 0.15) is 0 Å². The van der Waals surface area contributed by atoms with Crippen LogP contribution in [-0.4, -0.2) is 12.6 Å². The van der Waals surface area contributed by atoms with Crippen molar-refractivity contribution < 1.29 is 0 Å². The second-order valence-corrected chi connectivity index (χ2v) is 5.25. The standard InChI is InChI=1S/C15H21N/c1-3-8-13-12(6-1)7-2-4-9-14(13)15-10-5-11-16-15/h1,3,6,8,14-16H,2,4-5,7,9-11H2/t14-,15-/m1/s1. The third-order valence-corrected chi connectivity index (χ3v) is 4.25. The van der Waals surface area contributed by atoms with Crippen LogP contribution in [0.25, 0.3) is 0 Å². The molecule has 3 rings (SSSR count). The van der Waals surface area contributed by atoms with E-state index in [9.17, 15) is 0 Å². The second-order valence-electron chi connectivity index (χ2n) is 5.25. The monoisotopic (exact) mass is 215 g/mol. The van der Waals surface area contributed by atoms with Gasteiger partial charge >= 0.3 is 0 Å². The van der Waals surface area contributed by atoms with Crippen molar-refractivity contribution >= 4 is 0 Å². The third-order valence-electron chi connectivity index (χ3n) is 4.25. The van der Waals surface area contributed by atoms with Gasteiger partial charge in [0.15, 0.2) is 0 Å². The molecule has 1 aromatic rings. The summed E-state index contributed by atoms with van der Waals surface area (Å²) in [6.07, 6.45) is 8.19. The Morgan fingerprint density at radius 3 is 2.81 bits per heavy atom. The fourth-order valence-corrected chi connectivity index (χ4v) is 3.43. The van der Waals surface area contributed by atoms with Gasteiger partial charge in [0, 0.05) is 6.04 Å². The molecule has 1 nitrogen and oxygen atoms in total. The van der Waals surface area contributed by atoms with Crippen molar-refractivity contribution in [2.45, 2.75) is 50.5 Å². The van der Waals surface area contributed by atoms with Crippen molar-refractivity contribution in [3.05, 3.63) is 35.4 Å². The highest BCUT2D eigenvalue weighted by Crippen LogP contribution is 2.35. The van der Waals surface area contributed by atoms with E-state index in [4.69, 9.17) is 0 Å². The third kappa shape index (κ3) is 1.89. The lowest BCUT2D eigenvalue weighted by Crippen LogP contribution is -2.29. The molecule has 0 aromatic heterocycles. The number of hydrogen-bond donors (Lipinski definition) is 1. The van der Waals surface area contributed by atoms with Gasteiger partial charge in [-0.05, 0) is 55.7 Å². The van der Waals surface area contributed by atoms with Crippen LogP contribution in [0.5, 0.6) is 0 Å². The van der Waals surface area contributed by atoms with Crippen molar-refractivity contribution in [3.8, 4) is 0 Å². The molecule has 0 bridgehead atoms. The predicted molar refractivity (Wildman–Crippen MR) is 67.8 cm³/mol. The molecule has 0 unspecified atom stereocenters. The molecule has 86 valence electrons. The Labute approximate surface area is 98.3 Å². The van der Waals surface area contributed by atoms with Crippen LogP contribution in [0.4, 0.5) is 0 Å². The molecule has 1 aromatic carbocycles. The second kappa shape index (κ2) is 4.58. The minimum absolute atomic E-state index is 0.749. The van der Waals surface area contributed by atoms with E-state index in [0.29, 0.717) is 0 Å². The zero-order valence-electron chi connectivity index (χ0n) is 9.91. The first-order valence-electron chi connectivity index (χ1n) is 6.76. The summed E-state index contributed by atoms with van der Waals surface area (Å²) in [5.41, 5.74) is 3.25. The van der Waals surface area contributed by atoms with Crippen molar-refractivity contribution in [1.82, 2.24) is 5.32 Å². The fraction of sp³-hybridized carbons (Fsp3) is 0.600. The van der Waals surface area contributed by atoms with E-state index in [-0.39, 0.29) is 0 Å². The lowest BCUT2D eigenvalue weighted by Gasteiger charge is -2.24. The van der Waals surface area contributed by atoms with Gasteiger partial charge in [-0.15, -0.1) is 0 Å². The van der Waals surface area contributed by atoms with E-state index >= 15 is 0 Å². The Balaban J connectivity index is 1.92. The highest BCUT2D eigenvalue weighted by Gasteiger charge is 2.28. The number of benzene rings is 1. The van der Waals surface area contributed by atoms with Gasteiger partial charge in [-0.3, -0.25) is 0 Å². The van der Waals surface area contributed by atoms with Crippen LogP contribution in [0.15, 0.2) is 24.3 Å². The van der Waals surface area contributed by atoms with Crippen LogP contribution < -0.4 is 5.32 Å². The summed E-state index contributed by atoms with van der Waals surface area (Å²) in [5.74, 6) is 0.779. The molecule has 1 heteroatoms. The van der Waals surface area contributed by atoms with Crippen LogP contribution >= 0.6 is 0 Å². The van der Waals surface area contributed by atoms with Gasteiger partial charge in [-0.1, -0.05) is 30.7 Å². The molecule has 0 spiro atoms. The molecule has 1 aliphatic heterocycles. The summed E-state index contributed by atoms with van der Waals surface area (Å²) >= 11 is 0. The summed E-state index contributed by atoms with van der Waals surface area (Å²) < 4.78 is 0. The van der Waals surface area contributed by atoms with Gasteiger partial charge in [-0.2, -0.15) is 0 Å². The summed E-state index contributed by atoms with van der Waals surface area (Å²) in [4.78, 5) is 0. The van der Waals surface area contributed by atoms with Crippen LogP contribution in [0.2, 0.25) is 0 Å². The van der Waals surface area contributed by atoms with Gasteiger partial charge in [0.2, 0.25) is 0 Å². The first kappa shape index (κ1) is 10.3. The molecular formula is C15H21N. The molecule has 1 N–H and O–H groups in total. The van der Waals surface area contributed by atoms with Crippen molar-refractivity contribution in [2.75, 3.05) is 6.54 Å². The summed E-state index contributed by atoms with van der Waals surface area (Å²) in [6.45, 7) is 1.23. The Morgan fingerprint density at radius 1 is 1.00 bits per heavy atom. The maximum Gasteiger partial charge on any atom is 0.0136 e. The Morgan fingerprint density at radius 2 is 1.94 bits per heavy atom. The highest BCUT2D eigenvalue weighted by molar-refractivity contribution is 5.32. The first-order valence-corrected chi connectivity index (χ1v) is 6.76.